The molecule has 0 fully saturated rings. The van der Waals surface area contributed by atoms with Crippen LogP contribution in [0.5, 0.6) is 0 Å². The number of benzene rings is 5. The molecular formula is C32H32NP. The molecule has 5 aromatic carbocycles. The summed E-state index contributed by atoms with van der Waals surface area (Å²) in [4.78, 5) is 2.26. The maximum absolute atomic E-state index is 2.41. The first-order valence-electron chi connectivity index (χ1n) is 11.9. The van der Waals surface area contributed by atoms with Gasteiger partial charge in [0.2, 0.25) is 0 Å². The highest BCUT2D eigenvalue weighted by Crippen LogP contribution is 2.52. The Morgan fingerprint density at radius 1 is 0.559 bits per heavy atom. The molecule has 0 radical (unpaired) electrons. The van der Waals surface area contributed by atoms with Gasteiger partial charge in [0, 0.05) is 30.9 Å². The lowest BCUT2D eigenvalue weighted by atomic mass is 9.92. The van der Waals surface area contributed by atoms with Crippen molar-refractivity contribution < 1.29 is 0 Å². The molecule has 0 saturated heterocycles. The van der Waals surface area contributed by atoms with Gasteiger partial charge in [-0.2, -0.15) is 0 Å². The lowest BCUT2D eigenvalue weighted by Crippen LogP contribution is -2.28. The average Bonchev–Trinajstić information content (AvgIpc) is 2.83. The fourth-order valence-corrected chi connectivity index (χ4v) is 7.99. The molecule has 1 nitrogen and oxygen atoms in total. The van der Waals surface area contributed by atoms with Crippen LogP contribution in [0.3, 0.4) is 0 Å². The van der Waals surface area contributed by atoms with Gasteiger partial charge in [-0.1, -0.05) is 118 Å². The normalized spacial score (nSPS) is 12.7. The number of hydrogen-bond donors (Lipinski definition) is 0. The standard InChI is InChI=1S/C32H32NP/c1-32(2,3)34(25-15-7-6-8-16-25)29-22-20-24-14-10-12-18-27(24)31(29)30-26-17-11-9-13-23(26)19-21-28(30)33(4)5/h6-22H,1-5H3. The first-order valence-corrected chi connectivity index (χ1v) is 13.3. The van der Waals surface area contributed by atoms with Crippen LogP contribution in [0.25, 0.3) is 32.7 Å². The van der Waals surface area contributed by atoms with Gasteiger partial charge in [0.05, 0.1) is 0 Å². The zero-order chi connectivity index (χ0) is 23.9. The predicted octanol–water partition coefficient (Wildman–Crippen LogP) is 7.96. The van der Waals surface area contributed by atoms with E-state index in [-0.39, 0.29) is 5.16 Å². The molecule has 2 heteroatoms. The Bertz CT molecular complexity index is 1460. The third kappa shape index (κ3) is 3.99. The summed E-state index contributed by atoms with van der Waals surface area (Å²) in [6, 6.07) is 38.0. The maximum Gasteiger partial charge on any atom is 0.0447 e. The molecule has 1 atom stereocenters. The molecule has 0 bridgehead atoms. The second-order valence-electron chi connectivity index (χ2n) is 10.1. The summed E-state index contributed by atoms with van der Waals surface area (Å²) in [5, 5.41) is 8.18. The summed E-state index contributed by atoms with van der Waals surface area (Å²) in [6.07, 6.45) is 0. The quantitative estimate of drug-likeness (QED) is 0.245. The van der Waals surface area contributed by atoms with Gasteiger partial charge in [0.1, 0.15) is 0 Å². The van der Waals surface area contributed by atoms with Gasteiger partial charge in [0.15, 0.2) is 0 Å². The first kappa shape index (κ1) is 22.6. The van der Waals surface area contributed by atoms with Crippen molar-refractivity contribution in [1.82, 2.24) is 0 Å². The van der Waals surface area contributed by atoms with Crippen LogP contribution in [0.2, 0.25) is 0 Å². The molecule has 0 aromatic heterocycles. The van der Waals surface area contributed by atoms with Gasteiger partial charge in [-0.25, -0.2) is 0 Å². The SMILES string of the molecule is CN(C)c1ccc2ccccc2c1-c1c(P(c2ccccc2)C(C)(C)C)ccc2ccccc12. The fraction of sp³-hybridized carbons (Fsp3) is 0.188. The van der Waals surface area contributed by atoms with E-state index in [1.807, 2.05) is 0 Å². The lowest BCUT2D eigenvalue weighted by molar-refractivity contribution is 0.793. The highest BCUT2D eigenvalue weighted by molar-refractivity contribution is 7.74. The van der Waals surface area contributed by atoms with Crippen LogP contribution >= 0.6 is 7.92 Å². The molecule has 0 aliphatic carbocycles. The third-order valence-electron chi connectivity index (χ3n) is 6.47. The second kappa shape index (κ2) is 8.90. The van der Waals surface area contributed by atoms with E-state index in [0.717, 1.165) is 0 Å². The van der Waals surface area contributed by atoms with E-state index < -0.39 is 7.92 Å². The Kier molecular flexibility index (Phi) is 5.92. The van der Waals surface area contributed by atoms with Crippen molar-refractivity contribution in [2.75, 3.05) is 19.0 Å². The van der Waals surface area contributed by atoms with E-state index in [1.54, 1.807) is 0 Å². The molecule has 0 saturated carbocycles. The summed E-state index contributed by atoms with van der Waals surface area (Å²) in [5.41, 5.74) is 3.97. The van der Waals surface area contributed by atoms with E-state index in [0.29, 0.717) is 0 Å². The van der Waals surface area contributed by atoms with Gasteiger partial charge in [0.25, 0.3) is 0 Å². The van der Waals surface area contributed by atoms with Crippen molar-refractivity contribution >= 4 is 45.8 Å². The summed E-state index contributed by atoms with van der Waals surface area (Å²) < 4.78 is 0. The molecule has 0 amide bonds. The molecule has 170 valence electrons. The Labute approximate surface area is 204 Å². The van der Waals surface area contributed by atoms with Gasteiger partial charge in [-0.3, -0.25) is 0 Å². The molecule has 0 aliphatic rings. The molecule has 5 aromatic rings. The zero-order valence-electron chi connectivity index (χ0n) is 20.7. The highest BCUT2D eigenvalue weighted by atomic mass is 31.1. The molecule has 0 heterocycles. The van der Waals surface area contributed by atoms with Crippen molar-refractivity contribution in [3.05, 3.63) is 103 Å². The third-order valence-corrected chi connectivity index (χ3v) is 9.48. The van der Waals surface area contributed by atoms with Gasteiger partial charge < -0.3 is 4.90 Å². The Morgan fingerprint density at radius 3 is 1.68 bits per heavy atom. The van der Waals surface area contributed by atoms with Crippen molar-refractivity contribution in [3.8, 4) is 11.1 Å². The number of nitrogens with zero attached hydrogens (tertiary/aromatic N) is 1. The molecule has 1 unspecified atom stereocenters. The van der Waals surface area contributed by atoms with Gasteiger partial charge in [-0.15, -0.1) is 0 Å². The van der Waals surface area contributed by atoms with Gasteiger partial charge >= 0.3 is 0 Å². The molecule has 5 rings (SSSR count). The van der Waals surface area contributed by atoms with E-state index in [1.165, 1.54) is 49.0 Å². The number of hydrogen-bond acceptors (Lipinski definition) is 1. The van der Waals surface area contributed by atoms with E-state index in [4.69, 9.17) is 0 Å². The molecular weight excluding hydrogens is 429 g/mol. The van der Waals surface area contributed by atoms with Crippen LogP contribution in [-0.4, -0.2) is 19.3 Å². The minimum Gasteiger partial charge on any atom is -0.377 e. The highest BCUT2D eigenvalue weighted by Gasteiger charge is 2.31. The number of fused-ring (bicyclic) bond motifs is 2. The van der Waals surface area contributed by atoms with Crippen molar-refractivity contribution in [2.24, 2.45) is 0 Å². The van der Waals surface area contributed by atoms with E-state index in [9.17, 15) is 0 Å². The zero-order valence-corrected chi connectivity index (χ0v) is 21.6. The van der Waals surface area contributed by atoms with Crippen LogP contribution < -0.4 is 15.5 Å². The van der Waals surface area contributed by atoms with Crippen LogP contribution in [0, 0.1) is 0 Å². The molecule has 0 N–H and O–H groups in total. The van der Waals surface area contributed by atoms with Crippen LogP contribution in [-0.2, 0) is 0 Å². The van der Waals surface area contributed by atoms with Crippen molar-refractivity contribution in [3.63, 3.8) is 0 Å². The predicted molar refractivity (Wildman–Crippen MR) is 154 cm³/mol. The fourth-order valence-electron chi connectivity index (χ4n) is 5.07. The minimum atomic E-state index is -0.615. The summed E-state index contributed by atoms with van der Waals surface area (Å²) in [5.74, 6) is 0. The molecule has 34 heavy (non-hydrogen) atoms. The van der Waals surface area contributed by atoms with E-state index >= 15 is 0 Å². The summed E-state index contributed by atoms with van der Waals surface area (Å²) >= 11 is 0. The number of rotatable bonds is 4. The molecule has 0 spiro atoms. The average molecular weight is 462 g/mol. The van der Waals surface area contributed by atoms with Crippen molar-refractivity contribution in [1.29, 1.82) is 0 Å². The topological polar surface area (TPSA) is 3.24 Å². The number of anilines is 1. The smallest absolute Gasteiger partial charge is 0.0447 e. The molecule has 0 aliphatic heterocycles. The van der Waals surface area contributed by atoms with E-state index in [2.05, 4.69) is 143 Å². The van der Waals surface area contributed by atoms with Crippen LogP contribution in [0.4, 0.5) is 5.69 Å². The maximum atomic E-state index is 2.41. The monoisotopic (exact) mass is 461 g/mol. The Balaban J connectivity index is 1.97. The summed E-state index contributed by atoms with van der Waals surface area (Å²) in [7, 11) is 3.69. The lowest BCUT2D eigenvalue weighted by Gasteiger charge is -2.35. The Hall–Kier alpha value is -3.15. The van der Waals surface area contributed by atoms with Crippen molar-refractivity contribution in [2.45, 2.75) is 25.9 Å². The second-order valence-corrected chi connectivity index (χ2v) is 13.1. The van der Waals surface area contributed by atoms with Crippen LogP contribution in [0.15, 0.2) is 103 Å². The largest absolute Gasteiger partial charge is 0.377 e. The first-order chi connectivity index (χ1) is 16.4. The van der Waals surface area contributed by atoms with Crippen LogP contribution in [0.1, 0.15) is 20.8 Å². The Morgan fingerprint density at radius 2 is 1.09 bits per heavy atom. The van der Waals surface area contributed by atoms with Gasteiger partial charge in [-0.05, 0) is 51.3 Å². The minimum absolute atomic E-state index is 0.108. The summed E-state index contributed by atoms with van der Waals surface area (Å²) in [6.45, 7) is 7.17.